The van der Waals surface area contributed by atoms with Crippen LogP contribution < -0.4 is 10.6 Å². The fourth-order valence-electron chi connectivity index (χ4n) is 0.433. The fraction of sp³-hybridized carbons (Fsp3) is 0.833. The van der Waals surface area contributed by atoms with Crippen LogP contribution in [-0.2, 0) is 0 Å². The Labute approximate surface area is 51.7 Å². The third-order valence-electron chi connectivity index (χ3n) is 0.845. The minimum atomic E-state index is 0.963. The molecule has 0 unspecified atom stereocenters. The molecule has 1 radical (unpaired) electrons. The van der Waals surface area contributed by atoms with Crippen molar-refractivity contribution in [1.29, 1.82) is 0 Å². The summed E-state index contributed by atoms with van der Waals surface area (Å²) in [7, 11) is 0. The van der Waals surface area contributed by atoms with Crippen molar-refractivity contribution in [3.05, 3.63) is 6.54 Å². The highest BCUT2D eigenvalue weighted by molar-refractivity contribution is 4.61. The Bertz CT molecular complexity index is 31.5. The first kappa shape index (κ1) is 7.92. The first-order valence-electron chi connectivity index (χ1n) is 3.17. The van der Waals surface area contributed by atoms with E-state index in [1.165, 1.54) is 0 Å². The molecule has 0 bridgehead atoms. The maximum absolute atomic E-state index is 3.16. The van der Waals surface area contributed by atoms with E-state index in [0.717, 1.165) is 19.6 Å². The first-order chi connectivity index (χ1) is 3.91. The molecule has 0 aromatic carbocycles. The van der Waals surface area contributed by atoms with Gasteiger partial charge in [0.05, 0.1) is 0 Å². The quantitative estimate of drug-likeness (QED) is 0.506. The van der Waals surface area contributed by atoms with Crippen LogP contribution in [0.4, 0.5) is 0 Å². The van der Waals surface area contributed by atoms with Crippen LogP contribution in [0.25, 0.3) is 0 Å². The summed E-state index contributed by atoms with van der Waals surface area (Å²) in [6, 6.07) is 0. The third kappa shape index (κ3) is 5.92. The summed E-state index contributed by atoms with van der Waals surface area (Å²) in [5, 5.41) is 6.26. The minimum absolute atomic E-state index is 0.963. The Morgan fingerprint density at radius 1 is 1.25 bits per heavy atom. The zero-order chi connectivity index (χ0) is 6.24. The first-order valence-corrected chi connectivity index (χ1v) is 3.17. The standard InChI is InChI=1S/C6H15N2/c1-3-7-5-6-8-4-2/h5,7-8H,3-4,6H2,1-2H3. The highest BCUT2D eigenvalue weighted by atomic mass is 14.9. The second-order valence-electron chi connectivity index (χ2n) is 1.57. The molecule has 0 rings (SSSR count). The van der Waals surface area contributed by atoms with Crippen LogP contribution in [0, 0.1) is 6.54 Å². The van der Waals surface area contributed by atoms with Crippen molar-refractivity contribution in [3.63, 3.8) is 0 Å². The van der Waals surface area contributed by atoms with E-state index in [1.807, 2.05) is 6.54 Å². The molecule has 0 heterocycles. The molecule has 0 fully saturated rings. The number of hydrogen-bond donors (Lipinski definition) is 2. The van der Waals surface area contributed by atoms with Crippen LogP contribution in [0.3, 0.4) is 0 Å². The topological polar surface area (TPSA) is 24.1 Å². The van der Waals surface area contributed by atoms with Gasteiger partial charge in [-0.3, -0.25) is 0 Å². The zero-order valence-electron chi connectivity index (χ0n) is 5.70. The van der Waals surface area contributed by atoms with E-state index in [0.29, 0.717) is 0 Å². The van der Waals surface area contributed by atoms with Gasteiger partial charge >= 0.3 is 0 Å². The lowest BCUT2D eigenvalue weighted by molar-refractivity contribution is 0.709. The van der Waals surface area contributed by atoms with Gasteiger partial charge in [0.2, 0.25) is 0 Å². The molecule has 49 valence electrons. The van der Waals surface area contributed by atoms with Crippen molar-refractivity contribution < 1.29 is 0 Å². The van der Waals surface area contributed by atoms with Gasteiger partial charge in [0, 0.05) is 13.1 Å². The van der Waals surface area contributed by atoms with E-state index in [4.69, 9.17) is 0 Å². The maximum Gasteiger partial charge on any atom is 0.0358 e. The minimum Gasteiger partial charge on any atom is -0.315 e. The molecule has 2 heteroatoms. The summed E-state index contributed by atoms with van der Waals surface area (Å²) >= 11 is 0. The van der Waals surface area contributed by atoms with E-state index in [1.54, 1.807) is 0 Å². The van der Waals surface area contributed by atoms with E-state index in [-0.39, 0.29) is 0 Å². The second kappa shape index (κ2) is 6.92. The van der Waals surface area contributed by atoms with Gasteiger partial charge in [0.15, 0.2) is 0 Å². The van der Waals surface area contributed by atoms with Crippen molar-refractivity contribution in [2.24, 2.45) is 0 Å². The number of nitrogens with one attached hydrogen (secondary N) is 2. The molecule has 0 atom stereocenters. The molecular formula is C6H15N2. The summed E-state index contributed by atoms with van der Waals surface area (Å²) in [6.45, 7) is 9.24. The Kier molecular flexibility index (Phi) is 6.85. The molecule has 0 aliphatic rings. The summed E-state index contributed by atoms with van der Waals surface area (Å²) in [5.74, 6) is 0. The van der Waals surface area contributed by atoms with Gasteiger partial charge in [-0.2, -0.15) is 0 Å². The molecule has 2 nitrogen and oxygen atoms in total. The Hall–Kier alpha value is -0.0800. The van der Waals surface area contributed by atoms with Gasteiger partial charge in [0.1, 0.15) is 0 Å². The van der Waals surface area contributed by atoms with E-state index >= 15 is 0 Å². The molecule has 0 spiro atoms. The van der Waals surface area contributed by atoms with Crippen molar-refractivity contribution in [1.82, 2.24) is 10.6 Å². The van der Waals surface area contributed by atoms with Gasteiger partial charge in [0.25, 0.3) is 0 Å². The molecule has 0 aliphatic heterocycles. The summed E-state index contributed by atoms with van der Waals surface area (Å²) in [4.78, 5) is 0. The Balaban J connectivity index is 2.53. The van der Waals surface area contributed by atoms with Crippen LogP contribution in [0.1, 0.15) is 13.8 Å². The molecule has 0 saturated carbocycles. The number of likely N-dealkylation sites (N-methyl/N-ethyl adjacent to an activating group) is 2. The van der Waals surface area contributed by atoms with Gasteiger partial charge in [-0.1, -0.05) is 13.8 Å². The lowest BCUT2D eigenvalue weighted by atomic mass is 10.6. The van der Waals surface area contributed by atoms with Crippen LogP contribution in [0.2, 0.25) is 0 Å². The smallest absolute Gasteiger partial charge is 0.0358 e. The SMILES string of the molecule is CCN[CH]CNCC. The van der Waals surface area contributed by atoms with Gasteiger partial charge in [-0.15, -0.1) is 0 Å². The number of rotatable bonds is 5. The average Bonchev–Trinajstić information content (AvgIpc) is 1.81. The molecule has 8 heavy (non-hydrogen) atoms. The van der Waals surface area contributed by atoms with Gasteiger partial charge in [-0.25, -0.2) is 0 Å². The third-order valence-corrected chi connectivity index (χ3v) is 0.845. The van der Waals surface area contributed by atoms with Crippen LogP contribution in [0.15, 0.2) is 0 Å². The predicted octanol–water partition coefficient (Wildman–Crippen LogP) is 0.367. The van der Waals surface area contributed by atoms with E-state index < -0.39 is 0 Å². The van der Waals surface area contributed by atoms with Crippen LogP contribution in [-0.4, -0.2) is 19.6 Å². The lowest BCUT2D eigenvalue weighted by Gasteiger charge is -1.99. The maximum atomic E-state index is 3.16. The summed E-state index contributed by atoms with van der Waals surface area (Å²) in [5.41, 5.74) is 0. The average molecular weight is 115 g/mol. The zero-order valence-corrected chi connectivity index (χ0v) is 5.70. The fourth-order valence-corrected chi connectivity index (χ4v) is 0.433. The van der Waals surface area contributed by atoms with Crippen LogP contribution >= 0.6 is 0 Å². The van der Waals surface area contributed by atoms with Crippen molar-refractivity contribution >= 4 is 0 Å². The highest BCUT2D eigenvalue weighted by Gasteiger charge is 1.79. The monoisotopic (exact) mass is 115 g/mol. The second-order valence-corrected chi connectivity index (χ2v) is 1.57. The normalized spacial score (nSPS) is 9.75. The molecule has 0 saturated heterocycles. The number of hydrogen-bond acceptors (Lipinski definition) is 2. The molecule has 0 amide bonds. The van der Waals surface area contributed by atoms with Gasteiger partial charge < -0.3 is 10.6 Å². The van der Waals surface area contributed by atoms with Crippen molar-refractivity contribution in [2.75, 3.05) is 19.6 Å². The molecule has 0 aromatic rings. The Morgan fingerprint density at radius 3 is 2.50 bits per heavy atom. The molecule has 0 aromatic heterocycles. The molecule has 0 aliphatic carbocycles. The van der Waals surface area contributed by atoms with Crippen LogP contribution in [0.5, 0.6) is 0 Å². The summed E-state index contributed by atoms with van der Waals surface area (Å²) in [6.07, 6.45) is 0. The highest BCUT2D eigenvalue weighted by Crippen LogP contribution is 1.63. The lowest BCUT2D eigenvalue weighted by Crippen LogP contribution is -2.21. The largest absolute Gasteiger partial charge is 0.315 e. The van der Waals surface area contributed by atoms with E-state index in [2.05, 4.69) is 24.5 Å². The molecular weight excluding hydrogens is 100 g/mol. The van der Waals surface area contributed by atoms with Gasteiger partial charge in [-0.05, 0) is 13.1 Å². The Morgan fingerprint density at radius 2 is 2.00 bits per heavy atom. The predicted molar refractivity (Wildman–Crippen MR) is 36.5 cm³/mol. The molecule has 2 N–H and O–H groups in total. The van der Waals surface area contributed by atoms with Crippen molar-refractivity contribution in [2.45, 2.75) is 13.8 Å². The van der Waals surface area contributed by atoms with E-state index in [9.17, 15) is 0 Å². The van der Waals surface area contributed by atoms with Crippen molar-refractivity contribution in [3.8, 4) is 0 Å². The summed E-state index contributed by atoms with van der Waals surface area (Å²) < 4.78 is 0.